The van der Waals surface area contributed by atoms with Gasteiger partial charge in [0.15, 0.2) is 0 Å². The van der Waals surface area contributed by atoms with Gasteiger partial charge in [0.1, 0.15) is 5.82 Å². The zero-order chi connectivity index (χ0) is 18.0. The second-order valence-corrected chi connectivity index (χ2v) is 6.32. The van der Waals surface area contributed by atoms with Gasteiger partial charge in [-0.1, -0.05) is 0 Å². The predicted octanol–water partition coefficient (Wildman–Crippen LogP) is 0.270. The molecule has 136 valence electrons. The Balaban J connectivity index is 1.63. The summed E-state index contributed by atoms with van der Waals surface area (Å²) in [4.78, 5) is 40.1. The smallest absolute Gasteiger partial charge is 0.327 e. The van der Waals surface area contributed by atoms with Gasteiger partial charge >= 0.3 is 6.03 Å². The highest BCUT2D eigenvalue weighted by molar-refractivity contribution is 5.96. The van der Waals surface area contributed by atoms with E-state index in [0.29, 0.717) is 12.4 Å². The van der Waals surface area contributed by atoms with E-state index in [9.17, 15) is 9.59 Å². The summed E-state index contributed by atoms with van der Waals surface area (Å²) in [5, 5.41) is 3.12. The van der Waals surface area contributed by atoms with Crippen LogP contribution in [0.4, 0.5) is 16.6 Å². The molecule has 0 saturated carbocycles. The summed E-state index contributed by atoms with van der Waals surface area (Å²) in [7, 11) is 3.29. The lowest BCUT2D eigenvalue weighted by Gasteiger charge is -2.45. The number of hydrogen-bond acceptors (Lipinski definition) is 7. The minimum atomic E-state index is -0.241. The Labute approximate surface area is 147 Å². The van der Waals surface area contributed by atoms with E-state index >= 15 is 0 Å². The van der Waals surface area contributed by atoms with Crippen LogP contribution >= 0.6 is 0 Å². The zero-order valence-electron chi connectivity index (χ0n) is 15.0. The minimum absolute atomic E-state index is 0.124. The van der Waals surface area contributed by atoms with Gasteiger partial charge in [-0.3, -0.25) is 14.6 Å². The number of aromatic nitrogens is 2. The molecule has 1 aromatic heterocycles. The average molecular weight is 347 g/mol. The zero-order valence-corrected chi connectivity index (χ0v) is 15.0. The molecule has 1 atom stereocenters. The van der Waals surface area contributed by atoms with Crippen LogP contribution in [0.25, 0.3) is 0 Å². The molecule has 1 unspecified atom stereocenters. The molecule has 2 fully saturated rings. The fourth-order valence-corrected chi connectivity index (χ4v) is 3.29. The summed E-state index contributed by atoms with van der Waals surface area (Å²) >= 11 is 0. The molecule has 3 rings (SSSR count). The number of hydrogen-bond donors (Lipinski definition) is 1. The van der Waals surface area contributed by atoms with Crippen molar-refractivity contribution in [2.24, 2.45) is 0 Å². The summed E-state index contributed by atoms with van der Waals surface area (Å²) in [5.41, 5.74) is 0. The van der Waals surface area contributed by atoms with Gasteiger partial charge in [0.05, 0.1) is 12.6 Å². The van der Waals surface area contributed by atoms with E-state index in [1.165, 1.54) is 11.9 Å². The molecule has 2 aliphatic rings. The Bertz CT molecular complexity index is 645. The highest BCUT2D eigenvalue weighted by Gasteiger charge is 2.38. The highest BCUT2D eigenvalue weighted by atomic mass is 16.2. The van der Waals surface area contributed by atoms with Crippen LogP contribution in [0.3, 0.4) is 0 Å². The second kappa shape index (κ2) is 7.22. The molecule has 2 aliphatic heterocycles. The van der Waals surface area contributed by atoms with Crippen LogP contribution in [0.1, 0.15) is 13.3 Å². The minimum Gasteiger partial charge on any atom is -0.354 e. The molecule has 0 spiro atoms. The topological polar surface area (TPSA) is 84.9 Å². The molecular weight excluding hydrogens is 322 g/mol. The maximum atomic E-state index is 12.1. The van der Waals surface area contributed by atoms with Crippen molar-refractivity contribution >= 4 is 23.7 Å². The van der Waals surface area contributed by atoms with Crippen LogP contribution in [-0.2, 0) is 4.79 Å². The molecule has 1 N–H and O–H groups in total. The first-order chi connectivity index (χ1) is 12.0. The summed E-state index contributed by atoms with van der Waals surface area (Å²) in [5.74, 6) is 1.41. The van der Waals surface area contributed by atoms with Crippen LogP contribution in [0, 0.1) is 0 Å². The Morgan fingerprint density at radius 2 is 1.92 bits per heavy atom. The fourth-order valence-electron chi connectivity index (χ4n) is 3.29. The van der Waals surface area contributed by atoms with Crippen LogP contribution < -0.4 is 10.2 Å². The fraction of sp³-hybridized carbons (Fsp3) is 0.625. The Kier molecular flexibility index (Phi) is 5.03. The number of piperazine rings is 1. The second-order valence-electron chi connectivity index (χ2n) is 6.32. The van der Waals surface area contributed by atoms with E-state index in [1.807, 2.05) is 13.0 Å². The number of carbonyl (C=O) groups excluding carboxylic acids is 2. The summed E-state index contributed by atoms with van der Waals surface area (Å²) in [6.45, 7) is 5.94. The summed E-state index contributed by atoms with van der Waals surface area (Å²) < 4.78 is 0. The largest absolute Gasteiger partial charge is 0.354 e. The van der Waals surface area contributed by atoms with Crippen LogP contribution in [0.2, 0.25) is 0 Å². The van der Waals surface area contributed by atoms with Gasteiger partial charge in [0.25, 0.3) is 0 Å². The molecule has 0 radical (unpaired) electrons. The van der Waals surface area contributed by atoms with Crippen molar-refractivity contribution in [2.75, 3.05) is 57.0 Å². The predicted molar refractivity (Wildman–Crippen MR) is 94.3 cm³/mol. The van der Waals surface area contributed by atoms with Crippen molar-refractivity contribution in [3.05, 3.63) is 12.3 Å². The lowest BCUT2D eigenvalue weighted by Crippen LogP contribution is -2.62. The van der Waals surface area contributed by atoms with Gasteiger partial charge in [-0.15, -0.1) is 0 Å². The number of nitrogens with zero attached hydrogens (tertiary/aromatic N) is 6. The van der Waals surface area contributed by atoms with Gasteiger partial charge < -0.3 is 15.1 Å². The molecule has 9 heteroatoms. The van der Waals surface area contributed by atoms with E-state index in [-0.39, 0.29) is 18.1 Å². The number of anilines is 2. The van der Waals surface area contributed by atoms with Crippen molar-refractivity contribution in [3.63, 3.8) is 0 Å². The first-order valence-electron chi connectivity index (χ1n) is 8.60. The SMILES string of the molecule is CCNc1nccc(N2CCN(C3CC(=O)N(C)C(=O)N3C)CC2)n1. The average Bonchev–Trinajstić information content (AvgIpc) is 2.64. The summed E-state index contributed by atoms with van der Waals surface area (Å²) in [6, 6.07) is 1.67. The van der Waals surface area contributed by atoms with Crippen molar-refractivity contribution in [1.29, 1.82) is 0 Å². The van der Waals surface area contributed by atoms with Gasteiger partial charge in [-0.05, 0) is 13.0 Å². The van der Waals surface area contributed by atoms with Crippen molar-refractivity contribution < 1.29 is 9.59 Å². The lowest BCUT2D eigenvalue weighted by molar-refractivity contribution is -0.134. The lowest BCUT2D eigenvalue weighted by atomic mass is 10.1. The first-order valence-corrected chi connectivity index (χ1v) is 8.60. The quantitative estimate of drug-likeness (QED) is 0.837. The maximum Gasteiger partial charge on any atom is 0.327 e. The molecule has 2 saturated heterocycles. The van der Waals surface area contributed by atoms with E-state index in [2.05, 4.69) is 25.1 Å². The molecule has 3 heterocycles. The monoisotopic (exact) mass is 347 g/mol. The molecule has 3 amide bonds. The van der Waals surface area contributed by atoms with Gasteiger partial charge in [0.2, 0.25) is 11.9 Å². The van der Waals surface area contributed by atoms with Gasteiger partial charge in [-0.25, -0.2) is 9.78 Å². The van der Waals surface area contributed by atoms with E-state index in [1.54, 1.807) is 18.1 Å². The first kappa shape index (κ1) is 17.4. The van der Waals surface area contributed by atoms with Crippen molar-refractivity contribution in [2.45, 2.75) is 19.5 Å². The van der Waals surface area contributed by atoms with E-state index < -0.39 is 0 Å². The Morgan fingerprint density at radius 3 is 2.60 bits per heavy atom. The van der Waals surface area contributed by atoms with Gasteiger partial charge in [0, 0.05) is 53.0 Å². The number of nitrogens with one attached hydrogen (secondary N) is 1. The molecule has 1 aromatic rings. The Morgan fingerprint density at radius 1 is 1.20 bits per heavy atom. The normalized spacial score (nSPS) is 22.5. The van der Waals surface area contributed by atoms with Crippen molar-refractivity contribution in [3.8, 4) is 0 Å². The highest BCUT2D eigenvalue weighted by Crippen LogP contribution is 2.21. The molecular formula is C16H25N7O2. The number of rotatable bonds is 4. The van der Waals surface area contributed by atoms with Crippen LogP contribution in [0.5, 0.6) is 0 Å². The van der Waals surface area contributed by atoms with Crippen LogP contribution in [0.15, 0.2) is 12.3 Å². The van der Waals surface area contributed by atoms with Crippen molar-refractivity contribution in [1.82, 2.24) is 24.7 Å². The Hall–Kier alpha value is -2.42. The third kappa shape index (κ3) is 3.51. The van der Waals surface area contributed by atoms with Gasteiger partial charge in [-0.2, -0.15) is 4.98 Å². The molecule has 0 aliphatic carbocycles. The number of imide groups is 1. The maximum absolute atomic E-state index is 12.1. The molecule has 25 heavy (non-hydrogen) atoms. The van der Waals surface area contributed by atoms with Crippen LogP contribution in [-0.4, -0.2) is 89.6 Å². The summed E-state index contributed by atoms with van der Waals surface area (Å²) in [6.07, 6.45) is 1.94. The number of urea groups is 1. The molecule has 9 nitrogen and oxygen atoms in total. The number of carbonyl (C=O) groups is 2. The third-order valence-corrected chi connectivity index (χ3v) is 4.80. The molecule has 0 bridgehead atoms. The third-order valence-electron chi connectivity index (χ3n) is 4.80. The molecule has 0 aromatic carbocycles. The standard InChI is InChI=1S/C16H25N7O2/c1-4-17-15-18-6-5-12(19-15)22-7-9-23(10-8-22)13-11-14(24)21(3)16(25)20(13)2/h5-6,13H,4,7-11H2,1-3H3,(H,17,18,19). The van der Waals surface area contributed by atoms with E-state index in [4.69, 9.17) is 0 Å². The van der Waals surface area contributed by atoms with E-state index in [0.717, 1.165) is 38.5 Å². The number of amides is 3.